The van der Waals surface area contributed by atoms with Gasteiger partial charge in [-0.3, -0.25) is 9.78 Å². The van der Waals surface area contributed by atoms with Crippen LogP contribution in [0.5, 0.6) is 0 Å². The minimum atomic E-state index is -0.365. The van der Waals surface area contributed by atoms with Crippen LogP contribution >= 0.6 is 34.8 Å². The fraction of sp³-hybridized carbons (Fsp3) is 0. The molecule has 0 spiro atoms. The van der Waals surface area contributed by atoms with E-state index in [1.807, 2.05) is 0 Å². The van der Waals surface area contributed by atoms with Crippen LogP contribution in [0.4, 0.5) is 5.69 Å². The van der Waals surface area contributed by atoms with Crippen molar-refractivity contribution < 1.29 is 4.79 Å². The van der Waals surface area contributed by atoms with Gasteiger partial charge in [0.05, 0.1) is 10.0 Å². The lowest BCUT2D eigenvalue weighted by molar-refractivity contribution is 0.102. The van der Waals surface area contributed by atoms with E-state index in [4.69, 9.17) is 34.8 Å². The summed E-state index contributed by atoms with van der Waals surface area (Å²) in [7, 11) is 0. The van der Waals surface area contributed by atoms with E-state index in [2.05, 4.69) is 10.3 Å². The minimum absolute atomic E-state index is 0.230. The third-order valence-electron chi connectivity index (χ3n) is 2.13. The highest BCUT2D eigenvalue weighted by Crippen LogP contribution is 2.25. The number of aromatic nitrogens is 1. The Labute approximate surface area is 119 Å². The standard InChI is InChI=1S/C12H7Cl3N2O/c13-7-3-4-16-11(5-7)12(18)17-8-1-2-9(14)10(15)6-8/h1-6H,(H,17,18). The molecule has 1 aromatic heterocycles. The molecule has 92 valence electrons. The van der Waals surface area contributed by atoms with Gasteiger partial charge < -0.3 is 5.32 Å². The molecule has 0 aliphatic heterocycles. The molecular formula is C12H7Cl3N2O. The summed E-state index contributed by atoms with van der Waals surface area (Å²) in [4.78, 5) is 15.8. The highest BCUT2D eigenvalue weighted by Gasteiger charge is 2.09. The second-order valence-electron chi connectivity index (χ2n) is 3.44. The Morgan fingerprint density at radius 3 is 2.50 bits per heavy atom. The van der Waals surface area contributed by atoms with Crippen LogP contribution in [-0.2, 0) is 0 Å². The van der Waals surface area contributed by atoms with E-state index in [-0.39, 0.29) is 11.6 Å². The highest BCUT2D eigenvalue weighted by molar-refractivity contribution is 6.42. The van der Waals surface area contributed by atoms with Gasteiger partial charge in [0.2, 0.25) is 0 Å². The summed E-state index contributed by atoms with van der Waals surface area (Å²) < 4.78 is 0. The number of anilines is 1. The number of benzene rings is 1. The van der Waals surface area contributed by atoms with Crippen molar-refractivity contribution in [1.82, 2.24) is 4.98 Å². The van der Waals surface area contributed by atoms with Crippen LogP contribution in [0.2, 0.25) is 15.1 Å². The third kappa shape index (κ3) is 3.13. The van der Waals surface area contributed by atoms with Gasteiger partial charge in [0.15, 0.2) is 0 Å². The number of halogens is 3. The predicted octanol–water partition coefficient (Wildman–Crippen LogP) is 4.29. The minimum Gasteiger partial charge on any atom is -0.321 e. The van der Waals surface area contributed by atoms with Gasteiger partial charge in [0.1, 0.15) is 5.69 Å². The number of rotatable bonds is 2. The van der Waals surface area contributed by atoms with E-state index in [0.29, 0.717) is 20.8 Å². The molecule has 0 bridgehead atoms. The quantitative estimate of drug-likeness (QED) is 0.899. The third-order valence-corrected chi connectivity index (χ3v) is 3.11. The Balaban J connectivity index is 2.18. The monoisotopic (exact) mass is 300 g/mol. The summed E-state index contributed by atoms with van der Waals surface area (Å²) in [5.41, 5.74) is 0.768. The lowest BCUT2D eigenvalue weighted by atomic mass is 10.3. The lowest BCUT2D eigenvalue weighted by Crippen LogP contribution is -2.13. The largest absolute Gasteiger partial charge is 0.321 e. The zero-order chi connectivity index (χ0) is 13.1. The van der Waals surface area contributed by atoms with E-state index in [1.54, 1.807) is 24.3 Å². The van der Waals surface area contributed by atoms with Crippen molar-refractivity contribution in [3.8, 4) is 0 Å². The van der Waals surface area contributed by atoms with E-state index in [9.17, 15) is 4.79 Å². The van der Waals surface area contributed by atoms with E-state index in [0.717, 1.165) is 0 Å². The zero-order valence-electron chi connectivity index (χ0n) is 8.95. The van der Waals surface area contributed by atoms with Gasteiger partial charge in [-0.15, -0.1) is 0 Å². The van der Waals surface area contributed by atoms with Crippen molar-refractivity contribution in [2.75, 3.05) is 5.32 Å². The van der Waals surface area contributed by atoms with Crippen LogP contribution in [0.3, 0.4) is 0 Å². The van der Waals surface area contributed by atoms with Crippen LogP contribution in [0.25, 0.3) is 0 Å². The summed E-state index contributed by atoms with van der Waals surface area (Å²) in [6.45, 7) is 0. The second kappa shape index (κ2) is 5.57. The van der Waals surface area contributed by atoms with Crippen LogP contribution < -0.4 is 5.32 Å². The van der Waals surface area contributed by atoms with Crippen LogP contribution in [0.1, 0.15) is 10.5 Å². The Morgan fingerprint density at radius 2 is 1.83 bits per heavy atom. The molecule has 0 unspecified atom stereocenters. The molecule has 0 atom stereocenters. The summed E-state index contributed by atoms with van der Waals surface area (Å²) in [5, 5.41) is 3.89. The van der Waals surface area contributed by atoms with Crippen molar-refractivity contribution in [3.63, 3.8) is 0 Å². The SMILES string of the molecule is O=C(Nc1ccc(Cl)c(Cl)c1)c1cc(Cl)ccn1. The van der Waals surface area contributed by atoms with Gasteiger partial charge in [-0.25, -0.2) is 0 Å². The van der Waals surface area contributed by atoms with Gasteiger partial charge in [-0.05, 0) is 30.3 Å². The Bertz CT molecular complexity index is 602. The predicted molar refractivity (Wildman–Crippen MR) is 73.7 cm³/mol. The van der Waals surface area contributed by atoms with Crippen molar-refractivity contribution in [1.29, 1.82) is 0 Å². The van der Waals surface area contributed by atoms with Crippen molar-refractivity contribution >= 4 is 46.4 Å². The van der Waals surface area contributed by atoms with Gasteiger partial charge >= 0.3 is 0 Å². The molecular weight excluding hydrogens is 295 g/mol. The summed E-state index contributed by atoms with van der Waals surface area (Å²) >= 11 is 17.4. The maximum Gasteiger partial charge on any atom is 0.274 e. The number of nitrogens with one attached hydrogen (secondary N) is 1. The number of nitrogens with zero attached hydrogens (tertiary/aromatic N) is 1. The fourth-order valence-corrected chi connectivity index (χ4v) is 1.76. The fourth-order valence-electron chi connectivity index (χ4n) is 1.30. The number of hydrogen-bond donors (Lipinski definition) is 1. The molecule has 1 N–H and O–H groups in total. The summed E-state index contributed by atoms with van der Waals surface area (Å²) in [6.07, 6.45) is 1.46. The van der Waals surface area contributed by atoms with E-state index in [1.165, 1.54) is 12.3 Å². The smallest absolute Gasteiger partial charge is 0.274 e. The molecule has 0 aliphatic rings. The first-order valence-electron chi connectivity index (χ1n) is 4.94. The average molecular weight is 302 g/mol. The highest BCUT2D eigenvalue weighted by atomic mass is 35.5. The molecule has 1 amide bonds. The topological polar surface area (TPSA) is 42.0 Å². The molecule has 0 fully saturated rings. The average Bonchev–Trinajstić information content (AvgIpc) is 2.34. The van der Waals surface area contributed by atoms with Gasteiger partial charge in [0.25, 0.3) is 5.91 Å². The Hall–Kier alpha value is -1.29. The maximum atomic E-state index is 11.9. The molecule has 0 radical (unpaired) electrons. The van der Waals surface area contributed by atoms with Gasteiger partial charge in [0, 0.05) is 16.9 Å². The lowest BCUT2D eigenvalue weighted by Gasteiger charge is -2.05. The molecule has 3 nitrogen and oxygen atoms in total. The summed E-state index contributed by atoms with van der Waals surface area (Å²) in [5.74, 6) is -0.365. The second-order valence-corrected chi connectivity index (χ2v) is 4.69. The Kier molecular flexibility index (Phi) is 4.07. The number of hydrogen-bond acceptors (Lipinski definition) is 2. The van der Waals surface area contributed by atoms with Crippen LogP contribution in [0, 0.1) is 0 Å². The number of amides is 1. The molecule has 6 heteroatoms. The normalized spacial score (nSPS) is 10.2. The van der Waals surface area contributed by atoms with E-state index < -0.39 is 0 Å². The Morgan fingerprint density at radius 1 is 1.06 bits per heavy atom. The molecule has 18 heavy (non-hydrogen) atoms. The van der Waals surface area contributed by atoms with Gasteiger partial charge in [-0.1, -0.05) is 34.8 Å². The zero-order valence-corrected chi connectivity index (χ0v) is 11.2. The molecule has 0 saturated carbocycles. The molecule has 0 aliphatic carbocycles. The molecule has 1 heterocycles. The summed E-state index contributed by atoms with van der Waals surface area (Å²) in [6, 6.07) is 7.89. The maximum absolute atomic E-state index is 11.9. The van der Waals surface area contributed by atoms with Gasteiger partial charge in [-0.2, -0.15) is 0 Å². The van der Waals surface area contributed by atoms with E-state index >= 15 is 0 Å². The van der Waals surface area contributed by atoms with Crippen LogP contribution in [-0.4, -0.2) is 10.9 Å². The molecule has 1 aromatic carbocycles. The molecule has 2 aromatic rings. The van der Waals surface area contributed by atoms with Crippen molar-refractivity contribution in [3.05, 3.63) is 57.3 Å². The first kappa shape index (κ1) is 13.1. The molecule has 2 rings (SSSR count). The number of pyridine rings is 1. The molecule has 0 saturated heterocycles. The first-order chi connectivity index (χ1) is 8.56. The van der Waals surface area contributed by atoms with Crippen molar-refractivity contribution in [2.45, 2.75) is 0 Å². The number of carbonyl (C=O) groups excluding carboxylic acids is 1. The van der Waals surface area contributed by atoms with Crippen LogP contribution in [0.15, 0.2) is 36.5 Å². The first-order valence-corrected chi connectivity index (χ1v) is 6.07. The number of carbonyl (C=O) groups is 1. The van der Waals surface area contributed by atoms with Crippen molar-refractivity contribution in [2.24, 2.45) is 0 Å².